The zero-order valence-electron chi connectivity index (χ0n) is 21.4. The minimum atomic E-state index is -1.20. The molecule has 3 aromatic rings. The second-order valence-electron chi connectivity index (χ2n) is 9.41. The molecule has 1 aromatic heterocycles. The van der Waals surface area contributed by atoms with Crippen molar-refractivity contribution in [3.63, 3.8) is 0 Å². The number of phenols is 1. The zero-order chi connectivity index (χ0) is 27.5. The molecule has 196 valence electrons. The van der Waals surface area contributed by atoms with Crippen LogP contribution in [0.4, 0.5) is 11.4 Å². The Morgan fingerprint density at radius 1 is 1.16 bits per heavy atom. The number of hydrogen-bond donors (Lipinski definition) is 4. The molecule has 0 saturated carbocycles. The van der Waals surface area contributed by atoms with Crippen molar-refractivity contribution in [1.29, 1.82) is 0 Å². The number of nitrogens with one attached hydrogen (secondary N) is 1. The second kappa shape index (κ2) is 10.9. The highest BCUT2D eigenvalue weighted by Crippen LogP contribution is 2.36. The predicted molar refractivity (Wildman–Crippen MR) is 143 cm³/mol. The summed E-state index contributed by atoms with van der Waals surface area (Å²) in [7, 11) is 1.39. The molecule has 0 saturated heterocycles. The van der Waals surface area contributed by atoms with Crippen molar-refractivity contribution in [1.82, 2.24) is 9.69 Å². The van der Waals surface area contributed by atoms with Crippen LogP contribution < -0.4 is 26.4 Å². The van der Waals surface area contributed by atoms with E-state index in [1.807, 2.05) is 39.8 Å². The number of aromatic nitrogens is 1. The average Bonchev–Trinajstić information content (AvgIpc) is 3.23. The van der Waals surface area contributed by atoms with Crippen LogP contribution in [0.15, 0.2) is 42.5 Å². The van der Waals surface area contributed by atoms with Crippen LogP contribution in [0, 0.1) is 0 Å². The van der Waals surface area contributed by atoms with Gasteiger partial charge in [-0.15, -0.1) is 0 Å². The third-order valence-corrected chi connectivity index (χ3v) is 6.37. The molecule has 0 aliphatic rings. The summed E-state index contributed by atoms with van der Waals surface area (Å²) in [5.41, 5.74) is 12.3. The van der Waals surface area contributed by atoms with Crippen LogP contribution in [-0.2, 0) is 11.2 Å². The lowest BCUT2D eigenvalue weighted by Crippen LogP contribution is -2.49. The summed E-state index contributed by atoms with van der Waals surface area (Å²) in [6.07, 6.45) is 0.779. The molecule has 2 aromatic carbocycles. The standard InChI is InChI=1S/C26H31N5O5S/c1-6-14-7-10-16(11-8-14)31(25(35)22-19(27)20(23(28)33)30-37-22)21(24(34)29-26(2,3)4)15-9-12-17(32)18(13-15)36-5/h7-13,21,32H,6,27H2,1-5H3,(H2,28,33)(H,29,34)/t21-/m0/s1. The highest BCUT2D eigenvalue weighted by atomic mass is 32.1. The van der Waals surface area contributed by atoms with E-state index in [0.29, 0.717) is 11.3 Å². The molecule has 1 heterocycles. The van der Waals surface area contributed by atoms with E-state index in [1.165, 1.54) is 30.2 Å². The van der Waals surface area contributed by atoms with Crippen molar-refractivity contribution in [2.45, 2.75) is 45.7 Å². The van der Waals surface area contributed by atoms with E-state index in [9.17, 15) is 19.5 Å². The van der Waals surface area contributed by atoms with E-state index in [4.69, 9.17) is 16.2 Å². The van der Waals surface area contributed by atoms with Gasteiger partial charge in [0.05, 0.1) is 12.8 Å². The maximum atomic E-state index is 14.1. The van der Waals surface area contributed by atoms with Crippen LogP contribution in [0.3, 0.4) is 0 Å². The Morgan fingerprint density at radius 3 is 2.32 bits per heavy atom. The number of nitrogens with zero attached hydrogens (tertiary/aromatic N) is 2. The van der Waals surface area contributed by atoms with E-state index in [0.717, 1.165) is 23.5 Å². The quantitative estimate of drug-likeness (QED) is 0.350. The number of carbonyl (C=O) groups excluding carboxylic acids is 3. The fourth-order valence-corrected chi connectivity index (χ4v) is 4.48. The first-order chi connectivity index (χ1) is 17.4. The van der Waals surface area contributed by atoms with Gasteiger partial charge in [-0.3, -0.25) is 19.3 Å². The lowest BCUT2D eigenvalue weighted by molar-refractivity contribution is -0.123. The average molecular weight is 526 g/mol. The molecule has 0 unspecified atom stereocenters. The molecule has 0 fully saturated rings. The third kappa shape index (κ3) is 6.00. The van der Waals surface area contributed by atoms with E-state index in [-0.39, 0.29) is 27.8 Å². The second-order valence-corrected chi connectivity index (χ2v) is 10.2. The predicted octanol–water partition coefficient (Wildman–Crippen LogP) is 3.40. The van der Waals surface area contributed by atoms with Crippen molar-refractivity contribution in [2.75, 3.05) is 17.7 Å². The largest absolute Gasteiger partial charge is 0.504 e. The summed E-state index contributed by atoms with van der Waals surface area (Å²) in [5, 5.41) is 13.1. The number of methoxy groups -OCH3 is 1. The number of carbonyl (C=O) groups is 3. The molecule has 3 amide bonds. The molecule has 37 heavy (non-hydrogen) atoms. The Morgan fingerprint density at radius 2 is 1.81 bits per heavy atom. The van der Waals surface area contributed by atoms with Crippen molar-refractivity contribution < 1.29 is 24.2 Å². The van der Waals surface area contributed by atoms with E-state index < -0.39 is 29.3 Å². The van der Waals surface area contributed by atoms with Crippen LogP contribution in [0.25, 0.3) is 0 Å². The molecule has 10 nitrogen and oxygen atoms in total. The molecule has 6 N–H and O–H groups in total. The number of phenolic OH excluding ortho intramolecular Hbond substituents is 1. The monoisotopic (exact) mass is 525 g/mol. The fraction of sp³-hybridized carbons (Fsp3) is 0.308. The number of ether oxygens (including phenoxy) is 1. The number of nitrogens with two attached hydrogens (primary N) is 2. The molecule has 3 rings (SSSR count). The van der Waals surface area contributed by atoms with Gasteiger partial charge in [-0.25, -0.2) is 0 Å². The van der Waals surface area contributed by atoms with Gasteiger partial charge in [0.15, 0.2) is 17.2 Å². The van der Waals surface area contributed by atoms with Gasteiger partial charge in [0.1, 0.15) is 10.9 Å². The van der Waals surface area contributed by atoms with E-state index in [1.54, 1.807) is 12.1 Å². The Bertz CT molecular complexity index is 1310. The summed E-state index contributed by atoms with van der Waals surface area (Å²) >= 11 is 0.727. The van der Waals surface area contributed by atoms with E-state index in [2.05, 4.69) is 9.69 Å². The molecule has 1 atom stereocenters. The topological polar surface area (TPSA) is 161 Å². The molecule has 0 spiro atoms. The van der Waals surface area contributed by atoms with Gasteiger partial charge in [-0.1, -0.05) is 25.1 Å². The first-order valence-electron chi connectivity index (χ1n) is 11.5. The maximum absolute atomic E-state index is 14.1. The number of nitrogen functional groups attached to an aromatic ring is 1. The van der Waals surface area contributed by atoms with Crippen molar-refractivity contribution in [3.05, 3.63) is 64.2 Å². The van der Waals surface area contributed by atoms with Gasteiger partial charge in [0.25, 0.3) is 11.8 Å². The first kappa shape index (κ1) is 27.5. The van der Waals surface area contributed by atoms with Crippen LogP contribution in [0.1, 0.15) is 65.0 Å². The minimum Gasteiger partial charge on any atom is -0.504 e. The normalized spacial score (nSPS) is 12.0. The van der Waals surface area contributed by atoms with Crippen LogP contribution in [-0.4, -0.2) is 39.9 Å². The van der Waals surface area contributed by atoms with Gasteiger partial charge in [-0.05, 0) is 74.1 Å². The molecular formula is C26H31N5O5S. The number of anilines is 2. The summed E-state index contributed by atoms with van der Waals surface area (Å²) in [6, 6.07) is 10.4. The van der Waals surface area contributed by atoms with E-state index >= 15 is 0 Å². The van der Waals surface area contributed by atoms with Crippen molar-refractivity contribution in [2.24, 2.45) is 5.73 Å². The zero-order valence-corrected chi connectivity index (χ0v) is 22.2. The molecule has 11 heteroatoms. The van der Waals surface area contributed by atoms with Gasteiger partial charge in [0.2, 0.25) is 5.91 Å². The number of aryl methyl sites for hydroxylation is 1. The molecule has 0 aliphatic heterocycles. The van der Waals surface area contributed by atoms with Gasteiger partial charge < -0.3 is 26.6 Å². The van der Waals surface area contributed by atoms with Gasteiger partial charge >= 0.3 is 0 Å². The molecule has 0 aliphatic carbocycles. The van der Waals surface area contributed by atoms with Crippen LogP contribution in [0.5, 0.6) is 11.5 Å². The number of aromatic hydroxyl groups is 1. The van der Waals surface area contributed by atoms with Gasteiger partial charge in [0, 0.05) is 11.2 Å². The first-order valence-corrected chi connectivity index (χ1v) is 12.3. The fourth-order valence-electron chi connectivity index (χ4n) is 3.73. The minimum absolute atomic E-state index is 0.0346. The number of amides is 3. The highest BCUT2D eigenvalue weighted by Gasteiger charge is 2.37. The van der Waals surface area contributed by atoms with Crippen LogP contribution in [0.2, 0.25) is 0 Å². The molecule has 0 radical (unpaired) electrons. The Labute approximate surface area is 219 Å². The highest BCUT2D eigenvalue weighted by molar-refractivity contribution is 7.09. The Hall–Kier alpha value is -4.12. The summed E-state index contributed by atoms with van der Waals surface area (Å²) in [6.45, 7) is 7.47. The van der Waals surface area contributed by atoms with Crippen molar-refractivity contribution in [3.8, 4) is 11.5 Å². The summed E-state index contributed by atoms with van der Waals surface area (Å²) in [4.78, 5) is 40.9. The number of rotatable bonds is 8. The number of benzene rings is 2. The smallest absolute Gasteiger partial charge is 0.273 e. The Kier molecular flexibility index (Phi) is 8.07. The summed E-state index contributed by atoms with van der Waals surface area (Å²) < 4.78 is 9.22. The van der Waals surface area contributed by atoms with Gasteiger partial charge in [-0.2, -0.15) is 4.37 Å². The lowest BCUT2D eigenvalue weighted by atomic mass is 9.99. The SMILES string of the molecule is CCc1ccc(N(C(=O)c2snc(C(N)=O)c2N)[C@H](C(=O)NC(C)(C)C)c2ccc(O)c(OC)c2)cc1. The lowest BCUT2D eigenvalue weighted by Gasteiger charge is -2.34. The van der Waals surface area contributed by atoms with Crippen LogP contribution >= 0.6 is 11.5 Å². The maximum Gasteiger partial charge on any atom is 0.273 e. The number of primary amides is 1. The molecular weight excluding hydrogens is 494 g/mol. The summed E-state index contributed by atoms with van der Waals surface area (Å²) in [5.74, 6) is -1.98. The number of hydrogen-bond acceptors (Lipinski definition) is 8. The Balaban J connectivity index is 2.27. The molecule has 0 bridgehead atoms. The third-order valence-electron chi connectivity index (χ3n) is 5.52. The van der Waals surface area contributed by atoms with Crippen molar-refractivity contribution >= 4 is 40.6 Å².